The quantitative estimate of drug-likeness (QED) is 0.678. The summed E-state index contributed by atoms with van der Waals surface area (Å²) in [5.41, 5.74) is -0.304. The topological polar surface area (TPSA) is 20.3 Å². The van der Waals surface area contributed by atoms with E-state index in [0.29, 0.717) is 19.0 Å². The van der Waals surface area contributed by atoms with Crippen molar-refractivity contribution in [2.45, 2.75) is 19.3 Å². The van der Waals surface area contributed by atoms with Crippen LogP contribution in [-0.2, 0) is 4.79 Å². The molecule has 2 nitrogen and oxygen atoms in total. The minimum atomic E-state index is -1.27. The van der Waals surface area contributed by atoms with Crippen LogP contribution in [0.5, 0.6) is 0 Å². The van der Waals surface area contributed by atoms with Crippen molar-refractivity contribution >= 4 is 11.6 Å². The van der Waals surface area contributed by atoms with Crippen LogP contribution in [-0.4, -0.2) is 12.5 Å². The molecule has 0 atom stereocenters. The van der Waals surface area contributed by atoms with E-state index in [2.05, 4.69) is 0 Å². The van der Waals surface area contributed by atoms with Crippen LogP contribution < -0.4 is 4.90 Å². The normalized spacial score (nSPS) is 16.7. The summed E-state index contributed by atoms with van der Waals surface area (Å²) < 4.78 is 39.3. The highest BCUT2D eigenvalue weighted by atomic mass is 19.2. The van der Waals surface area contributed by atoms with Gasteiger partial charge in [0.15, 0.2) is 11.6 Å². The summed E-state index contributed by atoms with van der Waals surface area (Å²) in [5.74, 6) is -3.62. The Bertz CT molecular complexity index is 433. The van der Waals surface area contributed by atoms with Crippen molar-refractivity contribution in [3.05, 3.63) is 29.6 Å². The van der Waals surface area contributed by atoms with Crippen LogP contribution in [0, 0.1) is 17.5 Å². The van der Waals surface area contributed by atoms with E-state index >= 15 is 0 Å². The second-order valence-corrected chi connectivity index (χ2v) is 3.72. The fourth-order valence-electron chi connectivity index (χ4n) is 1.80. The van der Waals surface area contributed by atoms with Gasteiger partial charge in [-0.1, -0.05) is 0 Å². The molecule has 86 valence electrons. The Morgan fingerprint density at radius 1 is 1.12 bits per heavy atom. The number of hydrogen-bond donors (Lipinski definition) is 0. The van der Waals surface area contributed by atoms with E-state index < -0.39 is 17.5 Å². The van der Waals surface area contributed by atoms with E-state index in [-0.39, 0.29) is 18.0 Å². The lowest BCUT2D eigenvalue weighted by atomic mass is 10.1. The smallest absolute Gasteiger partial charge is 0.227 e. The average Bonchev–Trinajstić information content (AvgIpc) is 2.24. The van der Waals surface area contributed by atoms with Gasteiger partial charge in [-0.25, -0.2) is 13.2 Å². The van der Waals surface area contributed by atoms with Gasteiger partial charge in [0, 0.05) is 25.1 Å². The second-order valence-electron chi connectivity index (χ2n) is 3.72. The number of piperidine rings is 1. The van der Waals surface area contributed by atoms with Gasteiger partial charge in [0.05, 0.1) is 5.69 Å². The Morgan fingerprint density at radius 2 is 1.88 bits per heavy atom. The zero-order chi connectivity index (χ0) is 11.7. The summed E-state index contributed by atoms with van der Waals surface area (Å²) in [5, 5.41) is 0. The summed E-state index contributed by atoms with van der Waals surface area (Å²) in [4.78, 5) is 12.6. The first-order valence-electron chi connectivity index (χ1n) is 5.04. The number of halogens is 3. The second kappa shape index (κ2) is 4.15. The first-order chi connectivity index (χ1) is 7.59. The number of carbonyl (C=O) groups excluding carboxylic acids is 1. The number of nitrogens with zero attached hydrogens (tertiary/aromatic N) is 1. The van der Waals surface area contributed by atoms with Crippen LogP contribution in [0.4, 0.5) is 18.9 Å². The summed E-state index contributed by atoms with van der Waals surface area (Å²) in [6.07, 6.45) is 1.73. The molecule has 1 saturated heterocycles. The maximum Gasteiger partial charge on any atom is 0.227 e. The van der Waals surface area contributed by atoms with Crippen molar-refractivity contribution in [1.82, 2.24) is 0 Å². The van der Waals surface area contributed by atoms with E-state index in [1.807, 2.05) is 0 Å². The van der Waals surface area contributed by atoms with Crippen LogP contribution in [0.2, 0.25) is 0 Å². The number of hydrogen-bond acceptors (Lipinski definition) is 1. The van der Waals surface area contributed by atoms with Gasteiger partial charge in [0.1, 0.15) is 5.82 Å². The summed E-state index contributed by atoms with van der Waals surface area (Å²) in [6, 6.07) is 1.31. The lowest BCUT2D eigenvalue weighted by molar-refractivity contribution is -0.119. The molecule has 1 aliphatic rings. The van der Waals surface area contributed by atoms with Gasteiger partial charge >= 0.3 is 0 Å². The SMILES string of the molecule is O=C1CCCCN1c1cc(F)cc(F)c1F. The molecule has 0 spiro atoms. The van der Waals surface area contributed by atoms with Crippen molar-refractivity contribution in [2.24, 2.45) is 0 Å². The highest BCUT2D eigenvalue weighted by Gasteiger charge is 2.24. The Labute approximate surface area is 90.7 Å². The first-order valence-corrected chi connectivity index (χ1v) is 5.04. The largest absolute Gasteiger partial charge is 0.309 e. The number of rotatable bonds is 1. The van der Waals surface area contributed by atoms with E-state index in [4.69, 9.17) is 0 Å². The fourth-order valence-corrected chi connectivity index (χ4v) is 1.80. The number of carbonyl (C=O) groups is 1. The minimum Gasteiger partial charge on any atom is -0.309 e. The lowest BCUT2D eigenvalue weighted by Gasteiger charge is -2.27. The Kier molecular flexibility index (Phi) is 2.85. The maximum absolute atomic E-state index is 13.4. The standard InChI is InChI=1S/C11H10F3NO/c12-7-5-8(13)11(14)9(6-7)15-4-2-1-3-10(15)16/h5-6H,1-4H2. The molecular weight excluding hydrogens is 219 g/mol. The molecule has 1 fully saturated rings. The van der Waals surface area contributed by atoms with Gasteiger partial charge in [-0.15, -0.1) is 0 Å². The molecule has 1 aromatic carbocycles. The predicted octanol–water partition coefficient (Wildman–Crippen LogP) is 2.62. The Balaban J connectivity index is 2.42. The third-order valence-electron chi connectivity index (χ3n) is 2.59. The zero-order valence-corrected chi connectivity index (χ0v) is 8.47. The molecular formula is C11H10F3NO. The third kappa shape index (κ3) is 1.89. The van der Waals surface area contributed by atoms with Crippen molar-refractivity contribution in [2.75, 3.05) is 11.4 Å². The zero-order valence-electron chi connectivity index (χ0n) is 8.47. The van der Waals surface area contributed by atoms with Gasteiger partial charge in [-0.05, 0) is 12.8 Å². The lowest BCUT2D eigenvalue weighted by Crippen LogP contribution is -2.36. The molecule has 0 N–H and O–H groups in total. The molecule has 1 aliphatic heterocycles. The number of amides is 1. The van der Waals surface area contributed by atoms with Crippen LogP contribution >= 0.6 is 0 Å². The van der Waals surface area contributed by atoms with E-state index in [9.17, 15) is 18.0 Å². The van der Waals surface area contributed by atoms with E-state index in [0.717, 1.165) is 17.4 Å². The van der Waals surface area contributed by atoms with E-state index in [1.54, 1.807) is 0 Å². The Morgan fingerprint density at radius 3 is 2.56 bits per heavy atom. The molecule has 2 rings (SSSR count). The Hall–Kier alpha value is -1.52. The average molecular weight is 229 g/mol. The maximum atomic E-state index is 13.4. The van der Waals surface area contributed by atoms with Crippen LogP contribution in [0.1, 0.15) is 19.3 Å². The minimum absolute atomic E-state index is 0.289. The molecule has 0 aromatic heterocycles. The third-order valence-corrected chi connectivity index (χ3v) is 2.59. The van der Waals surface area contributed by atoms with Crippen LogP contribution in [0.25, 0.3) is 0 Å². The first kappa shape index (κ1) is 11.0. The molecule has 1 aromatic rings. The molecule has 5 heteroatoms. The molecule has 1 heterocycles. The molecule has 0 unspecified atom stereocenters. The summed E-state index contributed by atoms with van der Waals surface area (Å²) in [7, 11) is 0. The van der Waals surface area contributed by atoms with E-state index in [1.165, 1.54) is 0 Å². The van der Waals surface area contributed by atoms with Crippen LogP contribution in [0.3, 0.4) is 0 Å². The predicted molar refractivity (Wildman–Crippen MR) is 52.5 cm³/mol. The molecule has 16 heavy (non-hydrogen) atoms. The highest BCUT2D eigenvalue weighted by Crippen LogP contribution is 2.26. The van der Waals surface area contributed by atoms with Gasteiger partial charge in [0.25, 0.3) is 0 Å². The monoisotopic (exact) mass is 229 g/mol. The molecule has 0 radical (unpaired) electrons. The summed E-state index contributed by atoms with van der Waals surface area (Å²) >= 11 is 0. The molecule has 0 aliphatic carbocycles. The van der Waals surface area contributed by atoms with Gasteiger partial charge in [-0.3, -0.25) is 4.79 Å². The number of anilines is 1. The van der Waals surface area contributed by atoms with Crippen molar-refractivity contribution in [3.63, 3.8) is 0 Å². The fraction of sp³-hybridized carbons (Fsp3) is 0.364. The van der Waals surface area contributed by atoms with Gasteiger partial charge < -0.3 is 4.90 Å². The molecule has 1 amide bonds. The van der Waals surface area contributed by atoms with Crippen LogP contribution in [0.15, 0.2) is 12.1 Å². The van der Waals surface area contributed by atoms with Gasteiger partial charge in [-0.2, -0.15) is 0 Å². The van der Waals surface area contributed by atoms with Crippen molar-refractivity contribution in [1.29, 1.82) is 0 Å². The highest BCUT2D eigenvalue weighted by molar-refractivity contribution is 5.94. The van der Waals surface area contributed by atoms with Crippen molar-refractivity contribution in [3.8, 4) is 0 Å². The number of benzene rings is 1. The summed E-state index contributed by atoms with van der Waals surface area (Å²) in [6.45, 7) is 0.304. The molecule has 0 saturated carbocycles. The molecule has 0 bridgehead atoms. The van der Waals surface area contributed by atoms with Gasteiger partial charge in [0.2, 0.25) is 5.91 Å². The van der Waals surface area contributed by atoms with Crippen molar-refractivity contribution < 1.29 is 18.0 Å².